The van der Waals surface area contributed by atoms with Crippen molar-refractivity contribution >= 4 is 16.7 Å². The maximum atomic E-state index is 13.1. The SMILES string of the molecule is CCCCCCC(C)Oc1ccc2nccc(C(=O)CCC3CCNCC3CC)c2c1. The maximum Gasteiger partial charge on any atom is 0.163 e. The van der Waals surface area contributed by atoms with Gasteiger partial charge in [0.1, 0.15) is 5.75 Å². The molecule has 1 aromatic heterocycles. The van der Waals surface area contributed by atoms with E-state index >= 15 is 0 Å². The smallest absolute Gasteiger partial charge is 0.163 e. The molecule has 3 unspecified atom stereocenters. The number of unbranched alkanes of at least 4 members (excludes halogenated alkanes) is 3. The van der Waals surface area contributed by atoms with E-state index in [4.69, 9.17) is 4.74 Å². The van der Waals surface area contributed by atoms with Crippen LogP contribution in [-0.4, -0.2) is 30.0 Å². The van der Waals surface area contributed by atoms with E-state index in [0.29, 0.717) is 18.3 Å². The van der Waals surface area contributed by atoms with E-state index in [0.717, 1.165) is 48.1 Å². The van der Waals surface area contributed by atoms with Crippen molar-refractivity contribution in [3.63, 3.8) is 0 Å². The normalized spacial score (nSPS) is 20.0. The van der Waals surface area contributed by atoms with Crippen LogP contribution in [0, 0.1) is 11.8 Å². The second kappa shape index (κ2) is 12.2. The molecule has 170 valence electrons. The van der Waals surface area contributed by atoms with Crippen LogP contribution in [0.2, 0.25) is 0 Å². The quantitative estimate of drug-likeness (QED) is 0.309. The van der Waals surface area contributed by atoms with E-state index in [1.54, 1.807) is 6.20 Å². The van der Waals surface area contributed by atoms with Gasteiger partial charge >= 0.3 is 0 Å². The Labute approximate surface area is 188 Å². The van der Waals surface area contributed by atoms with Crippen LogP contribution in [0.4, 0.5) is 0 Å². The molecule has 1 aliphatic rings. The lowest BCUT2D eigenvalue weighted by Gasteiger charge is -2.31. The molecule has 0 aliphatic carbocycles. The van der Waals surface area contributed by atoms with Gasteiger partial charge in [0.25, 0.3) is 0 Å². The summed E-state index contributed by atoms with van der Waals surface area (Å²) in [6, 6.07) is 7.85. The molecule has 1 N–H and O–H groups in total. The van der Waals surface area contributed by atoms with Gasteiger partial charge in [-0.3, -0.25) is 9.78 Å². The van der Waals surface area contributed by atoms with E-state index < -0.39 is 0 Å². The zero-order valence-corrected chi connectivity index (χ0v) is 19.7. The number of carbonyl (C=O) groups is 1. The predicted molar refractivity (Wildman–Crippen MR) is 129 cm³/mol. The molecular formula is C27H40N2O2. The van der Waals surface area contributed by atoms with E-state index in [1.807, 2.05) is 24.3 Å². The van der Waals surface area contributed by atoms with Crippen LogP contribution in [0.1, 0.15) is 88.9 Å². The number of hydrogen-bond acceptors (Lipinski definition) is 4. The molecule has 2 heterocycles. The Morgan fingerprint density at radius 1 is 1.19 bits per heavy atom. The summed E-state index contributed by atoms with van der Waals surface area (Å²) >= 11 is 0. The Kier molecular flexibility index (Phi) is 9.32. The van der Waals surface area contributed by atoms with Gasteiger partial charge in [-0.05, 0) is 81.8 Å². The standard InChI is InChI=1S/C27H40N2O2/c1-4-6-7-8-9-20(3)31-23-11-12-26-25(18-23)24(15-17-29-26)27(30)13-10-22-14-16-28-19-21(22)5-2/h11-12,15,17-18,20-22,28H,4-10,13-14,16,19H2,1-3H3. The van der Waals surface area contributed by atoms with Gasteiger partial charge in [0, 0.05) is 23.6 Å². The van der Waals surface area contributed by atoms with Crippen LogP contribution in [0.5, 0.6) is 5.75 Å². The fourth-order valence-electron chi connectivity index (χ4n) is 4.88. The van der Waals surface area contributed by atoms with Crippen molar-refractivity contribution in [3.8, 4) is 5.75 Å². The second-order valence-corrected chi connectivity index (χ2v) is 9.20. The van der Waals surface area contributed by atoms with Gasteiger partial charge in [-0.15, -0.1) is 0 Å². The molecule has 4 heteroatoms. The summed E-state index contributed by atoms with van der Waals surface area (Å²) in [5.41, 5.74) is 1.65. The Morgan fingerprint density at radius 2 is 2.06 bits per heavy atom. The minimum atomic E-state index is 0.177. The number of hydrogen-bond donors (Lipinski definition) is 1. The second-order valence-electron chi connectivity index (χ2n) is 9.20. The predicted octanol–water partition coefficient (Wildman–Crippen LogP) is 6.57. The van der Waals surface area contributed by atoms with E-state index in [1.165, 1.54) is 38.5 Å². The van der Waals surface area contributed by atoms with Crippen LogP contribution >= 0.6 is 0 Å². The molecule has 2 aromatic rings. The third-order valence-electron chi connectivity index (χ3n) is 6.85. The average molecular weight is 425 g/mol. The molecule has 0 bridgehead atoms. The summed E-state index contributed by atoms with van der Waals surface area (Å²) in [6.45, 7) is 8.79. The number of aromatic nitrogens is 1. The number of nitrogens with zero attached hydrogens (tertiary/aromatic N) is 1. The number of nitrogens with one attached hydrogen (secondary N) is 1. The first-order valence-corrected chi connectivity index (χ1v) is 12.4. The van der Waals surface area contributed by atoms with Gasteiger partial charge < -0.3 is 10.1 Å². The number of ketones is 1. The molecule has 0 radical (unpaired) electrons. The number of ether oxygens (including phenoxy) is 1. The number of rotatable bonds is 12. The Morgan fingerprint density at radius 3 is 2.87 bits per heavy atom. The summed E-state index contributed by atoms with van der Waals surface area (Å²) in [7, 11) is 0. The Bertz CT molecular complexity index is 835. The highest BCUT2D eigenvalue weighted by Gasteiger charge is 2.24. The number of piperidine rings is 1. The van der Waals surface area contributed by atoms with Crippen molar-refractivity contribution in [3.05, 3.63) is 36.0 Å². The summed E-state index contributed by atoms with van der Waals surface area (Å²) in [5, 5.41) is 4.41. The van der Waals surface area contributed by atoms with Crippen LogP contribution in [-0.2, 0) is 0 Å². The van der Waals surface area contributed by atoms with Crippen molar-refractivity contribution < 1.29 is 9.53 Å². The summed E-state index contributed by atoms with van der Waals surface area (Å²) < 4.78 is 6.18. The van der Waals surface area contributed by atoms with Gasteiger partial charge in [0.2, 0.25) is 0 Å². The number of benzene rings is 1. The zero-order chi connectivity index (χ0) is 22.1. The number of pyridine rings is 1. The third kappa shape index (κ3) is 6.77. The first kappa shape index (κ1) is 23.7. The van der Waals surface area contributed by atoms with Crippen molar-refractivity contribution in [2.45, 2.75) is 84.7 Å². The highest BCUT2D eigenvalue weighted by Crippen LogP contribution is 2.29. The van der Waals surface area contributed by atoms with Gasteiger partial charge in [-0.1, -0.05) is 39.5 Å². The van der Waals surface area contributed by atoms with Crippen molar-refractivity contribution in [1.82, 2.24) is 10.3 Å². The van der Waals surface area contributed by atoms with Crippen LogP contribution < -0.4 is 10.1 Å². The molecule has 1 aromatic carbocycles. The molecular weight excluding hydrogens is 384 g/mol. The number of fused-ring (bicyclic) bond motifs is 1. The summed E-state index contributed by atoms with van der Waals surface area (Å²) in [5.74, 6) is 2.40. The highest BCUT2D eigenvalue weighted by molar-refractivity contribution is 6.07. The van der Waals surface area contributed by atoms with Crippen molar-refractivity contribution in [2.24, 2.45) is 11.8 Å². The molecule has 0 saturated carbocycles. The zero-order valence-electron chi connectivity index (χ0n) is 19.7. The van der Waals surface area contributed by atoms with E-state index in [2.05, 4.69) is 31.1 Å². The van der Waals surface area contributed by atoms with Gasteiger partial charge in [-0.25, -0.2) is 0 Å². The lowest BCUT2D eigenvalue weighted by atomic mass is 9.81. The molecule has 0 amide bonds. The average Bonchev–Trinajstić information content (AvgIpc) is 2.80. The molecule has 1 aliphatic heterocycles. The van der Waals surface area contributed by atoms with Crippen LogP contribution in [0.25, 0.3) is 10.9 Å². The van der Waals surface area contributed by atoms with E-state index in [-0.39, 0.29) is 11.9 Å². The maximum absolute atomic E-state index is 13.1. The molecule has 1 fully saturated rings. The molecule has 3 rings (SSSR count). The lowest BCUT2D eigenvalue weighted by molar-refractivity contribution is 0.0963. The third-order valence-corrected chi connectivity index (χ3v) is 6.85. The topological polar surface area (TPSA) is 51.2 Å². The first-order valence-electron chi connectivity index (χ1n) is 12.4. The van der Waals surface area contributed by atoms with E-state index in [9.17, 15) is 4.79 Å². The fraction of sp³-hybridized carbons (Fsp3) is 0.630. The van der Waals surface area contributed by atoms with Crippen LogP contribution in [0.3, 0.4) is 0 Å². The van der Waals surface area contributed by atoms with Crippen LogP contribution in [0.15, 0.2) is 30.5 Å². The number of Topliss-reactive ketones (excluding diaryl/α,β-unsaturated/α-hetero) is 1. The highest BCUT2D eigenvalue weighted by atomic mass is 16.5. The molecule has 3 atom stereocenters. The van der Waals surface area contributed by atoms with Crippen molar-refractivity contribution in [1.29, 1.82) is 0 Å². The van der Waals surface area contributed by atoms with Gasteiger partial charge in [0.15, 0.2) is 5.78 Å². The molecule has 0 spiro atoms. The Hall–Kier alpha value is -1.94. The van der Waals surface area contributed by atoms with Gasteiger partial charge in [0.05, 0.1) is 11.6 Å². The summed E-state index contributed by atoms with van der Waals surface area (Å²) in [6.07, 6.45) is 11.9. The molecule has 31 heavy (non-hydrogen) atoms. The molecule has 1 saturated heterocycles. The molecule has 4 nitrogen and oxygen atoms in total. The minimum Gasteiger partial charge on any atom is -0.491 e. The Balaban J connectivity index is 1.66. The largest absolute Gasteiger partial charge is 0.491 e. The number of carbonyl (C=O) groups excluding carboxylic acids is 1. The minimum absolute atomic E-state index is 0.177. The van der Waals surface area contributed by atoms with Crippen molar-refractivity contribution in [2.75, 3.05) is 13.1 Å². The fourth-order valence-corrected chi connectivity index (χ4v) is 4.88. The first-order chi connectivity index (χ1) is 15.1. The lowest BCUT2D eigenvalue weighted by Crippen LogP contribution is -2.36. The summed E-state index contributed by atoms with van der Waals surface area (Å²) in [4.78, 5) is 17.6. The van der Waals surface area contributed by atoms with Gasteiger partial charge in [-0.2, -0.15) is 0 Å². The monoisotopic (exact) mass is 424 g/mol.